The summed E-state index contributed by atoms with van der Waals surface area (Å²) in [7, 11) is 0. The largest absolute Gasteiger partial charge is 0.419 e. The number of β-lactam (4-membered cyclic amide) rings is 1. The second-order valence-corrected chi connectivity index (χ2v) is 10.7. The van der Waals surface area contributed by atoms with E-state index in [0.717, 1.165) is 0 Å². The standard InChI is InChI=1S/C24H23N3O6S/c1-24(2)17(22(31)33-23-14-11-7-6-10-13(14)21(30)32-23)27-19(29)16(20(27)34-24)26-18(28)15(25)12-8-4-3-5-9-12/h3-11,15-17,20,23H,25H2,1-2H3,(H,26,28)/t15?,16-,17+,20-,23?/m1/s1. The maximum Gasteiger partial charge on any atom is 0.342 e. The van der Waals surface area contributed by atoms with E-state index in [1.807, 2.05) is 19.9 Å². The third kappa shape index (κ3) is 3.54. The van der Waals surface area contributed by atoms with Gasteiger partial charge in [-0.2, -0.15) is 0 Å². The third-order valence-corrected chi connectivity index (χ3v) is 7.85. The summed E-state index contributed by atoms with van der Waals surface area (Å²) in [6.07, 6.45) is -1.16. The molecule has 0 spiro atoms. The lowest BCUT2D eigenvalue weighted by molar-refractivity contribution is -0.180. The normalized spacial score (nSPS) is 27.2. The molecule has 2 amide bonds. The molecule has 10 heteroatoms. The molecule has 176 valence electrons. The lowest BCUT2D eigenvalue weighted by atomic mass is 9.95. The van der Waals surface area contributed by atoms with E-state index < -0.39 is 52.4 Å². The number of benzene rings is 2. The number of carbonyl (C=O) groups is 4. The number of nitrogens with zero attached hydrogens (tertiary/aromatic N) is 1. The fourth-order valence-electron chi connectivity index (χ4n) is 4.55. The van der Waals surface area contributed by atoms with Crippen LogP contribution < -0.4 is 11.1 Å². The molecule has 3 heterocycles. The van der Waals surface area contributed by atoms with Crippen LogP contribution in [0.1, 0.15) is 47.7 Å². The minimum Gasteiger partial charge on any atom is -0.419 e. The minimum absolute atomic E-state index is 0.343. The summed E-state index contributed by atoms with van der Waals surface area (Å²) in [6.45, 7) is 3.66. The Hall–Kier alpha value is -3.37. The van der Waals surface area contributed by atoms with Gasteiger partial charge in [0.1, 0.15) is 23.5 Å². The number of nitrogens with two attached hydrogens (primary N) is 1. The van der Waals surface area contributed by atoms with E-state index in [2.05, 4.69) is 5.32 Å². The quantitative estimate of drug-likeness (QED) is 0.487. The predicted molar refractivity (Wildman–Crippen MR) is 122 cm³/mol. The fraction of sp³-hybridized carbons (Fsp3) is 0.333. The van der Waals surface area contributed by atoms with E-state index in [0.29, 0.717) is 16.7 Å². The van der Waals surface area contributed by atoms with Crippen LogP contribution >= 0.6 is 11.8 Å². The van der Waals surface area contributed by atoms with E-state index in [-0.39, 0.29) is 5.91 Å². The molecule has 5 rings (SSSR count). The van der Waals surface area contributed by atoms with Crippen molar-refractivity contribution < 1.29 is 28.7 Å². The van der Waals surface area contributed by atoms with Crippen LogP contribution in [0.25, 0.3) is 0 Å². The molecule has 3 aliphatic rings. The van der Waals surface area contributed by atoms with Crippen LogP contribution in [-0.2, 0) is 23.9 Å². The highest BCUT2D eigenvalue weighted by Crippen LogP contribution is 2.51. The maximum atomic E-state index is 13.2. The van der Waals surface area contributed by atoms with Gasteiger partial charge in [0.15, 0.2) is 0 Å². The highest BCUT2D eigenvalue weighted by Gasteiger charge is 2.65. The molecule has 3 N–H and O–H groups in total. The molecule has 5 atom stereocenters. The second-order valence-electron chi connectivity index (χ2n) is 8.90. The number of fused-ring (bicyclic) bond motifs is 2. The summed E-state index contributed by atoms with van der Waals surface area (Å²) in [6, 6.07) is 12.9. The van der Waals surface area contributed by atoms with Crippen LogP contribution in [0.4, 0.5) is 0 Å². The highest BCUT2D eigenvalue weighted by molar-refractivity contribution is 8.01. The van der Waals surface area contributed by atoms with Gasteiger partial charge in [0.2, 0.25) is 11.8 Å². The summed E-state index contributed by atoms with van der Waals surface area (Å²) < 4.78 is 10.1. The molecule has 0 radical (unpaired) electrons. The van der Waals surface area contributed by atoms with E-state index in [4.69, 9.17) is 15.2 Å². The summed E-state index contributed by atoms with van der Waals surface area (Å²) in [4.78, 5) is 52.3. The number of nitrogens with one attached hydrogen (secondary N) is 1. The first-order valence-electron chi connectivity index (χ1n) is 10.8. The van der Waals surface area contributed by atoms with E-state index >= 15 is 0 Å². The molecule has 2 saturated heterocycles. The molecule has 2 aromatic carbocycles. The Bertz CT molecular complexity index is 1190. The zero-order chi connectivity index (χ0) is 24.2. The zero-order valence-corrected chi connectivity index (χ0v) is 19.3. The Balaban J connectivity index is 1.28. The molecule has 0 bridgehead atoms. The number of cyclic esters (lactones) is 1. The number of esters is 2. The Morgan fingerprint density at radius 1 is 1.12 bits per heavy atom. The van der Waals surface area contributed by atoms with Crippen molar-refractivity contribution in [2.75, 3.05) is 0 Å². The molecule has 3 aliphatic heterocycles. The number of carbonyl (C=O) groups excluding carboxylic acids is 4. The first-order chi connectivity index (χ1) is 16.2. The van der Waals surface area contributed by atoms with E-state index in [1.54, 1.807) is 48.5 Å². The first kappa shape index (κ1) is 22.4. The van der Waals surface area contributed by atoms with Crippen molar-refractivity contribution in [3.05, 3.63) is 71.3 Å². The van der Waals surface area contributed by atoms with E-state index in [9.17, 15) is 19.2 Å². The van der Waals surface area contributed by atoms with Crippen molar-refractivity contribution in [2.24, 2.45) is 5.73 Å². The van der Waals surface area contributed by atoms with Crippen LogP contribution in [0.5, 0.6) is 0 Å². The Labute approximate surface area is 199 Å². The first-order valence-corrected chi connectivity index (χ1v) is 11.7. The zero-order valence-electron chi connectivity index (χ0n) is 18.5. The molecule has 0 saturated carbocycles. The molecule has 0 aromatic heterocycles. The maximum absolute atomic E-state index is 13.2. The number of amides is 2. The monoisotopic (exact) mass is 481 g/mol. The van der Waals surface area contributed by atoms with Gasteiger partial charge in [-0.3, -0.25) is 9.59 Å². The van der Waals surface area contributed by atoms with Crippen molar-refractivity contribution in [1.82, 2.24) is 10.2 Å². The van der Waals surface area contributed by atoms with Crippen molar-refractivity contribution in [3.8, 4) is 0 Å². The number of thioether (sulfide) groups is 1. The minimum atomic E-state index is -1.16. The highest BCUT2D eigenvalue weighted by atomic mass is 32.2. The molecule has 0 aliphatic carbocycles. The van der Waals surface area contributed by atoms with Gasteiger partial charge in [-0.15, -0.1) is 11.8 Å². The number of ether oxygens (including phenoxy) is 2. The van der Waals surface area contributed by atoms with Crippen LogP contribution in [0.2, 0.25) is 0 Å². The van der Waals surface area contributed by atoms with Gasteiger partial charge in [-0.25, -0.2) is 9.59 Å². The Morgan fingerprint density at radius 2 is 1.79 bits per heavy atom. The smallest absolute Gasteiger partial charge is 0.342 e. The topological polar surface area (TPSA) is 128 Å². The van der Waals surface area contributed by atoms with Gasteiger partial charge >= 0.3 is 11.9 Å². The van der Waals surface area contributed by atoms with Gasteiger partial charge in [-0.1, -0.05) is 48.5 Å². The molecule has 9 nitrogen and oxygen atoms in total. The van der Waals surface area contributed by atoms with Crippen LogP contribution in [0, 0.1) is 0 Å². The third-order valence-electron chi connectivity index (χ3n) is 6.28. The van der Waals surface area contributed by atoms with Crippen molar-refractivity contribution >= 4 is 35.5 Å². The fourth-order valence-corrected chi connectivity index (χ4v) is 6.17. The number of hydrogen-bond acceptors (Lipinski definition) is 8. The lowest BCUT2D eigenvalue weighted by Gasteiger charge is -2.44. The van der Waals surface area contributed by atoms with Gasteiger partial charge in [0.25, 0.3) is 6.29 Å². The molecule has 34 heavy (non-hydrogen) atoms. The van der Waals surface area contributed by atoms with Crippen molar-refractivity contribution in [2.45, 2.75) is 48.4 Å². The van der Waals surface area contributed by atoms with Gasteiger partial charge < -0.3 is 25.4 Å². The summed E-state index contributed by atoms with van der Waals surface area (Å²) >= 11 is 1.40. The van der Waals surface area contributed by atoms with Gasteiger partial charge in [0.05, 0.1) is 5.56 Å². The Morgan fingerprint density at radius 3 is 2.53 bits per heavy atom. The SMILES string of the molecule is CC1(C)S[C@@H]2[C@H](NC(=O)C(N)c3ccccc3)C(=O)N2[C@H]1C(=O)OC1OC(=O)c2ccccc21. The van der Waals surface area contributed by atoms with Crippen LogP contribution in [0.15, 0.2) is 54.6 Å². The lowest BCUT2D eigenvalue weighted by Crippen LogP contribution is -2.71. The van der Waals surface area contributed by atoms with Crippen molar-refractivity contribution in [1.29, 1.82) is 0 Å². The summed E-state index contributed by atoms with van der Waals surface area (Å²) in [5.74, 6) is -2.09. The predicted octanol–water partition coefficient (Wildman–Crippen LogP) is 1.65. The van der Waals surface area contributed by atoms with Gasteiger partial charge in [-0.05, 0) is 25.5 Å². The average molecular weight is 482 g/mol. The summed E-state index contributed by atoms with van der Waals surface area (Å²) in [5.41, 5.74) is 7.51. The molecule has 2 aromatic rings. The second kappa shape index (κ2) is 8.14. The summed E-state index contributed by atoms with van der Waals surface area (Å²) in [5, 5.41) is 2.29. The molecular weight excluding hydrogens is 458 g/mol. The van der Waals surface area contributed by atoms with Crippen LogP contribution in [0.3, 0.4) is 0 Å². The van der Waals surface area contributed by atoms with Crippen molar-refractivity contribution in [3.63, 3.8) is 0 Å². The molecule has 2 unspecified atom stereocenters. The molecular formula is C24H23N3O6S. The number of hydrogen-bond donors (Lipinski definition) is 2. The number of rotatable bonds is 5. The Kier molecular flexibility index (Phi) is 5.37. The van der Waals surface area contributed by atoms with Crippen LogP contribution in [-0.4, -0.2) is 50.9 Å². The van der Waals surface area contributed by atoms with Gasteiger partial charge in [0, 0.05) is 10.3 Å². The molecule has 2 fully saturated rings. The average Bonchev–Trinajstić information content (AvgIpc) is 3.28. The van der Waals surface area contributed by atoms with E-state index in [1.165, 1.54) is 16.7 Å².